The lowest BCUT2D eigenvalue weighted by atomic mass is 10.2. The van der Waals surface area contributed by atoms with Gasteiger partial charge in [0.1, 0.15) is 11.2 Å². The molecule has 0 aromatic carbocycles. The molecule has 4 aromatic heterocycles. The van der Waals surface area contributed by atoms with Crippen molar-refractivity contribution in [3.63, 3.8) is 0 Å². The van der Waals surface area contributed by atoms with Gasteiger partial charge in [0.15, 0.2) is 11.6 Å². The van der Waals surface area contributed by atoms with Crippen LogP contribution in [-0.2, 0) is 0 Å². The molecule has 0 saturated heterocycles. The summed E-state index contributed by atoms with van der Waals surface area (Å²) in [5.41, 5.74) is 3.48. The van der Waals surface area contributed by atoms with E-state index in [9.17, 15) is 4.79 Å². The van der Waals surface area contributed by atoms with E-state index in [0.29, 0.717) is 22.9 Å². The van der Waals surface area contributed by atoms with Crippen molar-refractivity contribution in [2.75, 3.05) is 0 Å². The summed E-state index contributed by atoms with van der Waals surface area (Å²) in [7, 11) is 0. The summed E-state index contributed by atoms with van der Waals surface area (Å²) in [4.78, 5) is 26.5. The van der Waals surface area contributed by atoms with Crippen LogP contribution in [0.3, 0.4) is 0 Å². The van der Waals surface area contributed by atoms with Crippen LogP contribution in [0.25, 0.3) is 22.7 Å². The summed E-state index contributed by atoms with van der Waals surface area (Å²) in [6.07, 6.45) is 5.06. The number of aromatic nitrogens is 6. The third kappa shape index (κ3) is 2.81. The monoisotopic (exact) mass is 360 g/mol. The number of nitrogens with zero attached hydrogens (tertiary/aromatic N) is 6. The molecule has 0 aliphatic carbocycles. The zero-order valence-corrected chi connectivity index (χ0v) is 15.7. The summed E-state index contributed by atoms with van der Waals surface area (Å²) in [5.74, 6) is 1.30. The highest BCUT2D eigenvalue weighted by molar-refractivity contribution is 5.59. The quantitative estimate of drug-likeness (QED) is 0.561. The van der Waals surface area contributed by atoms with Crippen LogP contribution in [0.2, 0.25) is 0 Å². The topological polar surface area (TPSA) is 78.0 Å². The van der Waals surface area contributed by atoms with Crippen molar-refractivity contribution in [2.24, 2.45) is 0 Å². The lowest BCUT2D eigenvalue weighted by Crippen LogP contribution is -2.20. The van der Waals surface area contributed by atoms with Crippen molar-refractivity contribution >= 4 is 5.65 Å². The fraction of sp³-hybridized carbons (Fsp3) is 0.250. The Bertz CT molecular complexity index is 1200. The second-order valence-corrected chi connectivity index (χ2v) is 6.86. The smallest absolute Gasteiger partial charge is 0.268 e. The van der Waals surface area contributed by atoms with E-state index in [1.807, 2.05) is 52.0 Å². The van der Waals surface area contributed by atoms with Crippen molar-refractivity contribution in [2.45, 2.75) is 33.6 Å². The number of fused-ring (bicyclic) bond motifs is 1. The van der Waals surface area contributed by atoms with Gasteiger partial charge in [-0.2, -0.15) is 5.10 Å². The molecule has 136 valence electrons. The van der Waals surface area contributed by atoms with Crippen LogP contribution in [-0.4, -0.2) is 29.1 Å². The first-order valence-electron chi connectivity index (χ1n) is 8.83. The van der Waals surface area contributed by atoms with Gasteiger partial charge in [-0.15, -0.1) is 0 Å². The Morgan fingerprint density at radius 1 is 1.07 bits per heavy atom. The average molecular weight is 360 g/mol. The summed E-state index contributed by atoms with van der Waals surface area (Å²) in [6, 6.07) is 7.46. The van der Waals surface area contributed by atoms with Crippen molar-refractivity contribution < 1.29 is 0 Å². The number of aryl methyl sites for hydroxylation is 2. The molecule has 0 bridgehead atoms. The van der Waals surface area contributed by atoms with E-state index in [1.54, 1.807) is 27.7 Å². The Kier molecular flexibility index (Phi) is 4.07. The number of hydrogen-bond acceptors (Lipinski definition) is 5. The maximum Gasteiger partial charge on any atom is 0.269 e. The van der Waals surface area contributed by atoms with Gasteiger partial charge in [-0.1, -0.05) is 19.9 Å². The molecule has 4 heterocycles. The maximum absolute atomic E-state index is 13.2. The highest BCUT2D eigenvalue weighted by atomic mass is 16.1. The molecular formula is C20H20N6O. The molecule has 4 rings (SSSR count). The fourth-order valence-electron chi connectivity index (χ4n) is 3.05. The van der Waals surface area contributed by atoms with Gasteiger partial charge in [-0.25, -0.2) is 14.6 Å². The molecule has 0 aliphatic rings. The van der Waals surface area contributed by atoms with Crippen molar-refractivity contribution in [3.8, 4) is 17.1 Å². The van der Waals surface area contributed by atoms with Crippen LogP contribution in [0.1, 0.15) is 36.8 Å². The standard InChI is InChI=1S/C20H20N6O/c1-12(2)18-23-19(26(24-18)16-8-9-21-10-13(16)3)15-11-22-17-7-5-6-14(4)25(17)20(15)27/h5-12H,1-4H3. The van der Waals surface area contributed by atoms with Crippen LogP contribution in [0.5, 0.6) is 0 Å². The van der Waals surface area contributed by atoms with Crippen LogP contribution < -0.4 is 5.56 Å². The molecule has 0 saturated carbocycles. The van der Waals surface area contributed by atoms with E-state index in [2.05, 4.69) is 20.1 Å². The third-order valence-electron chi connectivity index (χ3n) is 4.52. The van der Waals surface area contributed by atoms with Gasteiger partial charge in [0, 0.05) is 30.2 Å². The second kappa shape index (κ2) is 6.42. The van der Waals surface area contributed by atoms with Gasteiger partial charge in [-0.3, -0.25) is 14.2 Å². The van der Waals surface area contributed by atoms with Gasteiger partial charge < -0.3 is 0 Å². The van der Waals surface area contributed by atoms with Crippen molar-refractivity contribution in [1.29, 1.82) is 0 Å². The minimum Gasteiger partial charge on any atom is -0.268 e. The molecule has 0 spiro atoms. The van der Waals surface area contributed by atoms with Crippen LogP contribution in [0.4, 0.5) is 0 Å². The highest BCUT2D eigenvalue weighted by Gasteiger charge is 2.20. The van der Waals surface area contributed by atoms with E-state index in [4.69, 9.17) is 0 Å². The molecule has 4 aromatic rings. The van der Waals surface area contributed by atoms with Gasteiger partial charge >= 0.3 is 0 Å². The molecule has 7 heteroatoms. The Labute approximate surface area is 156 Å². The second-order valence-electron chi connectivity index (χ2n) is 6.86. The lowest BCUT2D eigenvalue weighted by Gasteiger charge is -2.09. The van der Waals surface area contributed by atoms with E-state index in [0.717, 1.165) is 16.9 Å². The molecular weight excluding hydrogens is 340 g/mol. The first-order valence-corrected chi connectivity index (χ1v) is 8.83. The molecule has 0 fully saturated rings. The van der Waals surface area contributed by atoms with E-state index >= 15 is 0 Å². The maximum atomic E-state index is 13.2. The first kappa shape index (κ1) is 17.1. The molecule has 0 N–H and O–H groups in total. The van der Waals surface area contributed by atoms with Crippen molar-refractivity contribution in [1.82, 2.24) is 29.1 Å². The summed E-state index contributed by atoms with van der Waals surface area (Å²) < 4.78 is 3.32. The normalized spacial score (nSPS) is 11.4. The molecule has 0 radical (unpaired) electrons. The van der Waals surface area contributed by atoms with E-state index in [-0.39, 0.29) is 11.5 Å². The summed E-state index contributed by atoms with van der Waals surface area (Å²) >= 11 is 0. The van der Waals surface area contributed by atoms with Crippen LogP contribution in [0, 0.1) is 13.8 Å². The van der Waals surface area contributed by atoms with Crippen molar-refractivity contribution in [3.05, 3.63) is 70.3 Å². The van der Waals surface area contributed by atoms with Gasteiger partial charge in [0.2, 0.25) is 0 Å². The number of rotatable bonds is 3. The predicted molar refractivity (Wildman–Crippen MR) is 103 cm³/mol. The lowest BCUT2D eigenvalue weighted by molar-refractivity contribution is 0.752. The average Bonchev–Trinajstić information content (AvgIpc) is 3.07. The number of hydrogen-bond donors (Lipinski definition) is 0. The molecule has 0 amide bonds. The molecule has 0 aliphatic heterocycles. The van der Waals surface area contributed by atoms with Gasteiger partial charge in [0.25, 0.3) is 5.56 Å². The minimum atomic E-state index is -0.159. The summed E-state index contributed by atoms with van der Waals surface area (Å²) in [6.45, 7) is 7.90. The Balaban J connectivity index is 2.04. The SMILES string of the molecule is Cc1cnccc1-n1nc(C(C)C)nc1-c1cnc2cccc(C)n2c1=O. The van der Waals surface area contributed by atoms with Crippen LogP contribution in [0.15, 0.2) is 47.7 Å². The van der Waals surface area contributed by atoms with Gasteiger partial charge in [0.05, 0.1) is 5.69 Å². The predicted octanol–water partition coefficient (Wildman–Crippen LogP) is 3.08. The Morgan fingerprint density at radius 3 is 2.63 bits per heavy atom. The van der Waals surface area contributed by atoms with E-state index in [1.165, 1.54) is 0 Å². The minimum absolute atomic E-state index is 0.130. The molecule has 7 nitrogen and oxygen atoms in total. The summed E-state index contributed by atoms with van der Waals surface area (Å²) in [5, 5.41) is 4.66. The first-order chi connectivity index (χ1) is 13.0. The largest absolute Gasteiger partial charge is 0.269 e. The van der Waals surface area contributed by atoms with Gasteiger partial charge in [-0.05, 0) is 37.6 Å². The number of pyridine rings is 2. The Morgan fingerprint density at radius 2 is 1.89 bits per heavy atom. The zero-order valence-electron chi connectivity index (χ0n) is 15.7. The zero-order chi connectivity index (χ0) is 19.1. The Hall–Kier alpha value is -3.35. The highest BCUT2D eigenvalue weighted by Crippen LogP contribution is 2.23. The van der Waals surface area contributed by atoms with E-state index < -0.39 is 0 Å². The third-order valence-corrected chi connectivity index (χ3v) is 4.52. The molecule has 27 heavy (non-hydrogen) atoms. The van der Waals surface area contributed by atoms with Crippen LogP contribution >= 0.6 is 0 Å². The molecule has 0 unspecified atom stereocenters. The molecule has 0 atom stereocenters. The fourth-order valence-corrected chi connectivity index (χ4v) is 3.05.